The Hall–Kier alpha value is -2.86. The standard InChI is InChI=1S/C28H34N2O3S/c1-17-7-11-23(13-18(17)2)27-26(29-20(4)34-27)28(31)30(16-21-8-9-21)19(3)14-22-10-12-24(32-5)25(15-22)33-6/h7,10-13,15,19,21H,8-9,14,16H2,1-6H3. The zero-order valence-electron chi connectivity index (χ0n) is 21.0. The van der Waals surface area contributed by atoms with Crippen molar-refractivity contribution in [3.8, 4) is 21.9 Å². The SMILES string of the molecule is COc1ccc(CC(C)N(CC2CC2)C(=O)c2nc(C)sc2-c2ccc(C)c(C)c2)cc1OC. The maximum absolute atomic E-state index is 13.9. The molecular weight excluding hydrogens is 444 g/mol. The second-order valence-corrected chi connectivity index (χ2v) is 10.6. The quantitative estimate of drug-likeness (QED) is 0.365. The molecule has 1 heterocycles. The smallest absolute Gasteiger partial charge is 0.274 e. The molecule has 5 nitrogen and oxygen atoms in total. The normalized spacial score (nSPS) is 14.1. The van der Waals surface area contributed by atoms with Crippen LogP contribution in [-0.4, -0.2) is 42.6 Å². The summed E-state index contributed by atoms with van der Waals surface area (Å²) < 4.78 is 10.9. The number of aromatic nitrogens is 1. The van der Waals surface area contributed by atoms with Crippen molar-refractivity contribution < 1.29 is 14.3 Å². The number of rotatable bonds is 9. The molecule has 0 saturated heterocycles. The zero-order valence-corrected chi connectivity index (χ0v) is 21.8. The molecule has 1 aromatic heterocycles. The maximum Gasteiger partial charge on any atom is 0.274 e. The molecule has 1 atom stereocenters. The number of carbonyl (C=O) groups is 1. The first-order chi connectivity index (χ1) is 16.3. The maximum atomic E-state index is 13.9. The van der Waals surface area contributed by atoms with E-state index in [-0.39, 0.29) is 11.9 Å². The van der Waals surface area contributed by atoms with Gasteiger partial charge in [0.25, 0.3) is 5.91 Å². The summed E-state index contributed by atoms with van der Waals surface area (Å²) in [6.07, 6.45) is 3.11. The third-order valence-electron chi connectivity index (χ3n) is 6.63. The van der Waals surface area contributed by atoms with Gasteiger partial charge in [-0.25, -0.2) is 4.98 Å². The van der Waals surface area contributed by atoms with Gasteiger partial charge in [0.1, 0.15) is 5.69 Å². The molecule has 1 unspecified atom stereocenters. The van der Waals surface area contributed by atoms with Crippen LogP contribution in [0.15, 0.2) is 36.4 Å². The molecule has 1 fully saturated rings. The number of nitrogens with zero attached hydrogens (tertiary/aromatic N) is 2. The molecule has 4 rings (SSSR count). The van der Waals surface area contributed by atoms with Gasteiger partial charge in [0, 0.05) is 12.6 Å². The van der Waals surface area contributed by atoms with E-state index < -0.39 is 0 Å². The Morgan fingerprint density at radius 2 is 1.79 bits per heavy atom. The highest BCUT2D eigenvalue weighted by atomic mass is 32.1. The minimum absolute atomic E-state index is 0.0254. The summed E-state index contributed by atoms with van der Waals surface area (Å²) in [5.74, 6) is 2.03. The zero-order chi connectivity index (χ0) is 24.4. The van der Waals surface area contributed by atoms with E-state index in [9.17, 15) is 4.79 Å². The molecule has 2 aromatic carbocycles. The van der Waals surface area contributed by atoms with Gasteiger partial charge in [0.15, 0.2) is 11.5 Å². The van der Waals surface area contributed by atoms with Crippen molar-refractivity contribution in [3.05, 3.63) is 63.8 Å². The number of benzene rings is 2. The second kappa shape index (κ2) is 10.2. The van der Waals surface area contributed by atoms with Gasteiger partial charge >= 0.3 is 0 Å². The minimum Gasteiger partial charge on any atom is -0.493 e. The Labute approximate surface area is 206 Å². The van der Waals surface area contributed by atoms with Crippen LogP contribution in [0.4, 0.5) is 0 Å². The highest BCUT2D eigenvalue weighted by molar-refractivity contribution is 7.15. The van der Waals surface area contributed by atoms with Gasteiger partial charge < -0.3 is 14.4 Å². The van der Waals surface area contributed by atoms with Gasteiger partial charge in [-0.05, 0) is 87.3 Å². The number of thiazole rings is 1. The van der Waals surface area contributed by atoms with Crippen molar-refractivity contribution in [1.82, 2.24) is 9.88 Å². The van der Waals surface area contributed by atoms with Gasteiger partial charge in [0.05, 0.1) is 24.1 Å². The molecule has 1 saturated carbocycles. The number of hydrogen-bond acceptors (Lipinski definition) is 5. The average Bonchev–Trinajstić information content (AvgIpc) is 3.57. The largest absolute Gasteiger partial charge is 0.493 e. The summed E-state index contributed by atoms with van der Waals surface area (Å²) in [5.41, 5.74) is 5.22. The van der Waals surface area contributed by atoms with Crippen LogP contribution in [0.5, 0.6) is 11.5 Å². The average molecular weight is 479 g/mol. The van der Waals surface area contributed by atoms with Gasteiger partial charge in [0.2, 0.25) is 0 Å². The fraction of sp³-hybridized carbons (Fsp3) is 0.429. The predicted octanol–water partition coefficient (Wildman–Crippen LogP) is 6.24. The summed E-state index contributed by atoms with van der Waals surface area (Å²) in [6.45, 7) is 9.10. The third-order valence-corrected chi connectivity index (χ3v) is 7.65. The number of ether oxygens (including phenoxy) is 2. The van der Waals surface area contributed by atoms with Crippen LogP contribution in [-0.2, 0) is 6.42 Å². The molecule has 34 heavy (non-hydrogen) atoms. The lowest BCUT2D eigenvalue weighted by Gasteiger charge is -2.29. The Morgan fingerprint density at radius 3 is 2.44 bits per heavy atom. The number of aryl methyl sites for hydroxylation is 3. The van der Waals surface area contributed by atoms with E-state index in [4.69, 9.17) is 14.5 Å². The van der Waals surface area contributed by atoms with Crippen molar-refractivity contribution in [3.63, 3.8) is 0 Å². The molecule has 180 valence electrons. The highest BCUT2D eigenvalue weighted by Crippen LogP contribution is 2.35. The summed E-state index contributed by atoms with van der Waals surface area (Å²) in [5, 5.41) is 0.912. The van der Waals surface area contributed by atoms with E-state index in [0.29, 0.717) is 23.1 Å². The minimum atomic E-state index is 0.0254. The van der Waals surface area contributed by atoms with Gasteiger partial charge in [-0.2, -0.15) is 0 Å². The van der Waals surface area contributed by atoms with Crippen LogP contribution in [0.25, 0.3) is 10.4 Å². The number of hydrogen-bond donors (Lipinski definition) is 0. The van der Waals surface area contributed by atoms with Gasteiger partial charge in [-0.15, -0.1) is 11.3 Å². The first kappa shape index (κ1) is 24.3. The van der Waals surface area contributed by atoms with Crippen molar-refractivity contribution >= 4 is 17.2 Å². The van der Waals surface area contributed by atoms with E-state index in [1.807, 2.05) is 30.0 Å². The Kier molecular flexibility index (Phi) is 7.27. The molecule has 0 spiro atoms. The van der Waals surface area contributed by atoms with E-state index in [2.05, 4.69) is 39.0 Å². The van der Waals surface area contributed by atoms with Crippen LogP contribution in [0.3, 0.4) is 0 Å². The monoisotopic (exact) mass is 478 g/mol. The first-order valence-corrected chi connectivity index (χ1v) is 12.7. The van der Waals surface area contributed by atoms with Crippen molar-refractivity contribution in [2.24, 2.45) is 5.92 Å². The molecule has 0 N–H and O–H groups in total. The van der Waals surface area contributed by atoms with Crippen LogP contribution < -0.4 is 9.47 Å². The van der Waals surface area contributed by atoms with E-state index in [0.717, 1.165) is 34.0 Å². The topological polar surface area (TPSA) is 51.7 Å². The van der Waals surface area contributed by atoms with Crippen LogP contribution in [0, 0.1) is 26.7 Å². The summed E-state index contributed by atoms with van der Waals surface area (Å²) in [4.78, 5) is 21.7. The first-order valence-electron chi connectivity index (χ1n) is 11.9. The van der Waals surface area contributed by atoms with Crippen molar-refractivity contribution in [1.29, 1.82) is 0 Å². The lowest BCUT2D eigenvalue weighted by Crippen LogP contribution is -2.41. The molecule has 3 aromatic rings. The molecule has 1 aliphatic carbocycles. The number of amides is 1. The predicted molar refractivity (Wildman–Crippen MR) is 138 cm³/mol. The molecule has 1 aliphatic rings. The summed E-state index contributed by atoms with van der Waals surface area (Å²) in [6, 6.07) is 12.4. The number of carbonyl (C=O) groups excluding carboxylic acids is 1. The van der Waals surface area contributed by atoms with Crippen LogP contribution >= 0.6 is 11.3 Å². The van der Waals surface area contributed by atoms with E-state index >= 15 is 0 Å². The van der Waals surface area contributed by atoms with Gasteiger partial charge in [-0.1, -0.05) is 24.3 Å². The number of methoxy groups -OCH3 is 2. The van der Waals surface area contributed by atoms with E-state index in [1.165, 1.54) is 24.0 Å². The van der Waals surface area contributed by atoms with Gasteiger partial charge in [-0.3, -0.25) is 4.79 Å². The van der Waals surface area contributed by atoms with E-state index in [1.54, 1.807) is 25.6 Å². The Balaban J connectivity index is 1.63. The second-order valence-electron chi connectivity index (χ2n) is 9.35. The molecule has 0 bridgehead atoms. The fourth-order valence-corrected chi connectivity index (χ4v) is 5.19. The third kappa shape index (κ3) is 5.27. The highest BCUT2D eigenvalue weighted by Gasteiger charge is 2.32. The van der Waals surface area contributed by atoms with Crippen LogP contribution in [0.2, 0.25) is 0 Å². The molecule has 1 amide bonds. The summed E-state index contributed by atoms with van der Waals surface area (Å²) >= 11 is 1.60. The molecular formula is C28H34N2O3S. The summed E-state index contributed by atoms with van der Waals surface area (Å²) in [7, 11) is 3.28. The molecule has 0 radical (unpaired) electrons. The lowest BCUT2D eigenvalue weighted by atomic mass is 10.0. The van der Waals surface area contributed by atoms with Crippen molar-refractivity contribution in [2.75, 3.05) is 20.8 Å². The molecule has 6 heteroatoms. The Morgan fingerprint density at radius 1 is 1.06 bits per heavy atom. The Bertz CT molecular complexity index is 1180. The van der Waals surface area contributed by atoms with Crippen molar-refractivity contribution in [2.45, 2.75) is 53.0 Å². The lowest BCUT2D eigenvalue weighted by molar-refractivity contribution is 0.0677. The van der Waals surface area contributed by atoms with Crippen LogP contribution in [0.1, 0.15) is 52.0 Å². The fourth-order valence-electron chi connectivity index (χ4n) is 4.29. The molecule has 0 aliphatic heterocycles.